The Balaban J connectivity index is 2.83. The van der Waals surface area contributed by atoms with Crippen molar-refractivity contribution in [2.75, 3.05) is 19.1 Å². The average Bonchev–Trinajstić information content (AvgIpc) is 2.22. The van der Waals surface area contributed by atoms with Gasteiger partial charge in [-0.25, -0.2) is 8.42 Å². The summed E-state index contributed by atoms with van der Waals surface area (Å²) in [4.78, 5) is 0. The molecule has 0 amide bonds. The summed E-state index contributed by atoms with van der Waals surface area (Å²) in [5.41, 5.74) is 1.02. The lowest BCUT2D eigenvalue weighted by Gasteiger charge is -2.16. The van der Waals surface area contributed by atoms with Gasteiger partial charge in [0.05, 0.1) is 10.8 Å². The maximum Gasteiger partial charge on any atom is 0.147 e. The van der Waals surface area contributed by atoms with Gasteiger partial charge in [0, 0.05) is 16.8 Å². The van der Waals surface area contributed by atoms with Gasteiger partial charge >= 0.3 is 0 Å². The van der Waals surface area contributed by atoms with Gasteiger partial charge in [0.1, 0.15) is 9.84 Å². The highest BCUT2D eigenvalue weighted by Crippen LogP contribution is 2.27. The number of halogens is 2. The van der Waals surface area contributed by atoms with Gasteiger partial charge in [0.25, 0.3) is 0 Å². The Labute approximate surface area is 116 Å². The van der Waals surface area contributed by atoms with Crippen molar-refractivity contribution in [3.63, 3.8) is 0 Å². The molecular weight excluding hydrogens is 326 g/mol. The highest BCUT2D eigenvalue weighted by Gasteiger charge is 2.13. The number of hydrogen-bond donors (Lipinski definition) is 1. The minimum Gasteiger partial charge on any atom is -0.313 e. The van der Waals surface area contributed by atoms with Crippen LogP contribution in [0.5, 0.6) is 0 Å². The fourth-order valence-corrected chi connectivity index (χ4v) is 2.72. The van der Waals surface area contributed by atoms with Crippen LogP contribution < -0.4 is 5.32 Å². The molecule has 0 radical (unpaired) electrons. The van der Waals surface area contributed by atoms with Crippen LogP contribution in [0.3, 0.4) is 0 Å². The van der Waals surface area contributed by atoms with Crippen molar-refractivity contribution in [3.8, 4) is 0 Å². The van der Waals surface area contributed by atoms with Gasteiger partial charge in [0.15, 0.2) is 0 Å². The van der Waals surface area contributed by atoms with E-state index in [0.717, 1.165) is 10.0 Å². The van der Waals surface area contributed by atoms with Crippen LogP contribution in [0.25, 0.3) is 0 Å². The molecule has 1 aromatic rings. The summed E-state index contributed by atoms with van der Waals surface area (Å²) >= 11 is 9.27. The molecule has 0 saturated heterocycles. The van der Waals surface area contributed by atoms with E-state index in [9.17, 15) is 8.42 Å². The van der Waals surface area contributed by atoms with Crippen molar-refractivity contribution in [3.05, 3.63) is 33.3 Å². The van der Waals surface area contributed by atoms with Crippen molar-refractivity contribution >= 4 is 37.4 Å². The summed E-state index contributed by atoms with van der Waals surface area (Å²) in [5.74, 6) is 0.165. The second kappa shape index (κ2) is 6.18. The highest BCUT2D eigenvalue weighted by atomic mass is 79.9. The topological polar surface area (TPSA) is 46.2 Å². The summed E-state index contributed by atoms with van der Waals surface area (Å²) in [6.07, 6.45) is 1.79. The van der Waals surface area contributed by atoms with E-state index in [4.69, 9.17) is 11.6 Å². The molecule has 6 heteroatoms. The quantitative estimate of drug-likeness (QED) is 0.896. The predicted molar refractivity (Wildman–Crippen MR) is 75.3 cm³/mol. The molecule has 3 nitrogen and oxygen atoms in total. The van der Waals surface area contributed by atoms with Gasteiger partial charge in [-0.2, -0.15) is 0 Å². The second-order valence-electron chi connectivity index (χ2n) is 3.93. The van der Waals surface area contributed by atoms with Gasteiger partial charge in [-0.3, -0.25) is 0 Å². The Hall–Kier alpha value is -0.100. The Bertz CT molecular complexity index is 490. The van der Waals surface area contributed by atoms with E-state index in [1.807, 2.05) is 19.2 Å². The van der Waals surface area contributed by atoms with Crippen LogP contribution in [0.1, 0.15) is 18.0 Å². The van der Waals surface area contributed by atoms with Crippen LogP contribution in [0.15, 0.2) is 22.7 Å². The fourth-order valence-electron chi connectivity index (χ4n) is 1.54. The van der Waals surface area contributed by atoms with E-state index in [1.165, 1.54) is 6.26 Å². The first kappa shape index (κ1) is 15.0. The predicted octanol–water partition coefficient (Wildman–Crippen LogP) is 2.80. The van der Waals surface area contributed by atoms with Gasteiger partial charge in [-0.05, 0) is 47.1 Å². The van der Waals surface area contributed by atoms with Crippen LogP contribution in [-0.2, 0) is 9.84 Å². The molecule has 0 aliphatic rings. The highest BCUT2D eigenvalue weighted by molar-refractivity contribution is 9.10. The van der Waals surface area contributed by atoms with Crippen molar-refractivity contribution in [2.24, 2.45) is 0 Å². The first-order valence-electron chi connectivity index (χ1n) is 5.13. The molecule has 0 fully saturated rings. The zero-order valence-electron chi connectivity index (χ0n) is 9.70. The SMILES string of the molecule is CNC(CCS(C)(=O)=O)c1ccc(Cl)c(Br)c1. The molecule has 0 heterocycles. The number of sulfone groups is 1. The molecule has 1 aromatic carbocycles. The van der Waals surface area contributed by atoms with E-state index in [1.54, 1.807) is 6.07 Å². The molecule has 1 rings (SSSR count). The first-order valence-corrected chi connectivity index (χ1v) is 8.36. The Morgan fingerprint density at radius 2 is 2.12 bits per heavy atom. The molecule has 0 aliphatic carbocycles. The number of rotatable bonds is 5. The molecular formula is C11H15BrClNO2S. The van der Waals surface area contributed by atoms with Crippen molar-refractivity contribution in [2.45, 2.75) is 12.5 Å². The molecule has 0 spiro atoms. The zero-order chi connectivity index (χ0) is 13.1. The maximum absolute atomic E-state index is 11.1. The molecule has 0 saturated carbocycles. The Morgan fingerprint density at radius 1 is 1.47 bits per heavy atom. The fraction of sp³-hybridized carbons (Fsp3) is 0.455. The molecule has 1 N–H and O–H groups in total. The van der Waals surface area contributed by atoms with Gasteiger partial charge in [0.2, 0.25) is 0 Å². The molecule has 1 unspecified atom stereocenters. The first-order chi connectivity index (χ1) is 7.83. The molecule has 0 aromatic heterocycles. The third kappa shape index (κ3) is 4.95. The van der Waals surface area contributed by atoms with Crippen molar-refractivity contribution < 1.29 is 8.42 Å². The summed E-state index contributed by atoms with van der Waals surface area (Å²) in [5, 5.41) is 3.75. The minimum absolute atomic E-state index is 0.0123. The monoisotopic (exact) mass is 339 g/mol. The van der Waals surface area contributed by atoms with Crippen molar-refractivity contribution in [1.29, 1.82) is 0 Å². The number of benzene rings is 1. The lowest BCUT2D eigenvalue weighted by Crippen LogP contribution is -2.19. The average molecular weight is 341 g/mol. The summed E-state index contributed by atoms with van der Waals surface area (Å²) < 4.78 is 23.1. The molecule has 0 bridgehead atoms. The number of hydrogen-bond acceptors (Lipinski definition) is 3. The van der Waals surface area contributed by atoms with Crippen LogP contribution >= 0.6 is 27.5 Å². The van der Waals surface area contributed by atoms with E-state index in [2.05, 4.69) is 21.2 Å². The summed E-state index contributed by atoms with van der Waals surface area (Å²) in [6.45, 7) is 0. The lowest BCUT2D eigenvalue weighted by molar-refractivity contribution is 0.559. The summed E-state index contributed by atoms with van der Waals surface area (Å²) in [7, 11) is -1.12. The van der Waals surface area contributed by atoms with Crippen LogP contribution in [0.2, 0.25) is 5.02 Å². The summed E-state index contributed by atoms with van der Waals surface area (Å²) in [6, 6.07) is 5.62. The van der Waals surface area contributed by atoms with E-state index in [-0.39, 0.29) is 11.8 Å². The Morgan fingerprint density at radius 3 is 2.59 bits per heavy atom. The third-order valence-corrected chi connectivity index (χ3v) is 4.66. The van der Waals surface area contributed by atoms with Crippen LogP contribution in [-0.4, -0.2) is 27.5 Å². The minimum atomic E-state index is -2.93. The molecule has 1 atom stereocenters. The van der Waals surface area contributed by atoms with Crippen LogP contribution in [0, 0.1) is 0 Å². The Kier molecular flexibility index (Phi) is 5.44. The smallest absolute Gasteiger partial charge is 0.147 e. The van der Waals surface area contributed by atoms with E-state index in [0.29, 0.717) is 11.4 Å². The van der Waals surface area contributed by atoms with Gasteiger partial charge in [-0.15, -0.1) is 0 Å². The van der Waals surface area contributed by atoms with E-state index < -0.39 is 9.84 Å². The molecule has 96 valence electrons. The third-order valence-electron chi connectivity index (χ3n) is 2.47. The van der Waals surface area contributed by atoms with Crippen LogP contribution in [0.4, 0.5) is 0 Å². The number of nitrogens with one attached hydrogen (secondary N) is 1. The van der Waals surface area contributed by atoms with E-state index >= 15 is 0 Å². The zero-order valence-corrected chi connectivity index (χ0v) is 12.9. The largest absolute Gasteiger partial charge is 0.313 e. The maximum atomic E-state index is 11.1. The standard InChI is InChI=1S/C11H15BrClNO2S/c1-14-11(5-6-17(2,15)16)8-3-4-10(13)9(12)7-8/h3-4,7,11,14H,5-6H2,1-2H3. The van der Waals surface area contributed by atoms with Gasteiger partial charge < -0.3 is 5.32 Å². The van der Waals surface area contributed by atoms with Gasteiger partial charge in [-0.1, -0.05) is 17.7 Å². The molecule has 0 aliphatic heterocycles. The second-order valence-corrected chi connectivity index (χ2v) is 7.45. The normalized spacial score (nSPS) is 13.6. The van der Waals surface area contributed by atoms with Crippen molar-refractivity contribution in [1.82, 2.24) is 5.32 Å². The lowest BCUT2D eigenvalue weighted by atomic mass is 10.1. The molecule has 17 heavy (non-hydrogen) atoms.